The number of hydrogen-bond acceptors (Lipinski definition) is 2. The highest BCUT2D eigenvalue weighted by molar-refractivity contribution is 5.34. The lowest BCUT2D eigenvalue weighted by Gasteiger charge is -2.13. The molecule has 80 valence electrons. The van der Waals surface area contributed by atoms with Crippen LogP contribution in [0.5, 0.6) is 5.75 Å². The molecule has 0 fully saturated rings. The van der Waals surface area contributed by atoms with Crippen LogP contribution in [-0.4, -0.2) is 12.2 Å². The molecule has 0 radical (unpaired) electrons. The van der Waals surface area contributed by atoms with Crippen LogP contribution in [0.2, 0.25) is 0 Å². The minimum atomic E-state index is -0.456. The molecule has 15 heavy (non-hydrogen) atoms. The van der Waals surface area contributed by atoms with E-state index >= 15 is 0 Å². The van der Waals surface area contributed by atoms with Crippen LogP contribution in [0.1, 0.15) is 30.9 Å². The molecule has 2 heteroatoms. The second kappa shape index (κ2) is 4.49. The van der Waals surface area contributed by atoms with Crippen molar-refractivity contribution in [1.29, 1.82) is 0 Å². The number of ether oxygens (including phenoxy) is 1. The van der Waals surface area contributed by atoms with Gasteiger partial charge in [-0.1, -0.05) is 18.2 Å². The van der Waals surface area contributed by atoms with Crippen molar-refractivity contribution in [2.24, 2.45) is 0 Å². The number of allylic oxidation sites excluding steroid dienone is 1. The van der Waals surface area contributed by atoms with Crippen LogP contribution in [0.25, 0.3) is 0 Å². The predicted molar refractivity (Wildman–Crippen MR) is 59.9 cm³/mol. The number of methoxy groups -OCH3 is 1. The molecule has 0 heterocycles. The van der Waals surface area contributed by atoms with Crippen molar-refractivity contribution in [2.75, 3.05) is 7.11 Å². The fraction of sp³-hybridized carbons (Fsp3) is 0.385. The molecule has 1 N–H and O–H groups in total. The highest BCUT2D eigenvalue weighted by Gasteiger charge is 2.16. The van der Waals surface area contributed by atoms with Crippen LogP contribution < -0.4 is 4.74 Å². The smallest absolute Gasteiger partial charge is 0.119 e. The summed E-state index contributed by atoms with van der Waals surface area (Å²) >= 11 is 0. The molecule has 1 aliphatic carbocycles. The zero-order valence-electron chi connectivity index (χ0n) is 8.94. The second-order valence-corrected chi connectivity index (χ2v) is 3.85. The van der Waals surface area contributed by atoms with Crippen LogP contribution in [0.4, 0.5) is 0 Å². The number of aliphatic hydroxyl groups is 1. The van der Waals surface area contributed by atoms with Gasteiger partial charge in [-0.2, -0.15) is 0 Å². The van der Waals surface area contributed by atoms with Gasteiger partial charge in [-0.05, 0) is 42.5 Å². The molecule has 1 aromatic carbocycles. The maximum Gasteiger partial charge on any atom is 0.119 e. The Kier molecular flexibility index (Phi) is 3.07. The molecular weight excluding hydrogens is 188 g/mol. The zero-order valence-corrected chi connectivity index (χ0v) is 8.94. The van der Waals surface area contributed by atoms with Gasteiger partial charge in [-0.15, -0.1) is 0 Å². The molecule has 0 amide bonds. The highest BCUT2D eigenvalue weighted by Crippen LogP contribution is 2.31. The molecule has 1 unspecified atom stereocenters. The monoisotopic (exact) mass is 204 g/mol. The Bertz CT molecular complexity index is 369. The van der Waals surface area contributed by atoms with E-state index in [1.807, 2.05) is 24.3 Å². The van der Waals surface area contributed by atoms with E-state index in [9.17, 15) is 5.11 Å². The maximum absolute atomic E-state index is 10.1. The first kappa shape index (κ1) is 10.2. The summed E-state index contributed by atoms with van der Waals surface area (Å²) in [5, 5.41) is 10.1. The fourth-order valence-electron chi connectivity index (χ4n) is 1.97. The summed E-state index contributed by atoms with van der Waals surface area (Å²) in [5.74, 6) is 0.796. The van der Waals surface area contributed by atoms with Crippen molar-refractivity contribution in [1.82, 2.24) is 0 Å². The Morgan fingerprint density at radius 3 is 2.93 bits per heavy atom. The quantitative estimate of drug-likeness (QED) is 0.767. The van der Waals surface area contributed by atoms with Crippen molar-refractivity contribution in [3.05, 3.63) is 41.5 Å². The molecule has 1 atom stereocenters. The SMILES string of the molecule is COc1cccc(C(O)C2=CCCC2)c1. The molecule has 0 aromatic heterocycles. The van der Waals surface area contributed by atoms with Crippen molar-refractivity contribution in [3.63, 3.8) is 0 Å². The standard InChI is InChI=1S/C13H16O2/c1-15-12-8-4-7-11(9-12)13(14)10-5-2-3-6-10/h4-5,7-9,13-14H,2-3,6H2,1H3. The molecule has 0 bridgehead atoms. The first-order valence-electron chi connectivity index (χ1n) is 5.32. The highest BCUT2D eigenvalue weighted by atomic mass is 16.5. The van der Waals surface area contributed by atoms with Gasteiger partial charge < -0.3 is 9.84 Å². The van der Waals surface area contributed by atoms with Gasteiger partial charge >= 0.3 is 0 Å². The molecule has 1 aliphatic rings. The van der Waals surface area contributed by atoms with Gasteiger partial charge in [0.15, 0.2) is 0 Å². The van der Waals surface area contributed by atoms with Crippen molar-refractivity contribution >= 4 is 0 Å². The van der Waals surface area contributed by atoms with E-state index in [1.165, 1.54) is 0 Å². The van der Waals surface area contributed by atoms with Gasteiger partial charge in [0.2, 0.25) is 0 Å². The maximum atomic E-state index is 10.1. The summed E-state index contributed by atoms with van der Waals surface area (Å²) in [4.78, 5) is 0. The van der Waals surface area contributed by atoms with Crippen LogP contribution in [0.15, 0.2) is 35.9 Å². The first-order valence-corrected chi connectivity index (χ1v) is 5.32. The van der Waals surface area contributed by atoms with Crippen LogP contribution in [-0.2, 0) is 0 Å². The third-order valence-corrected chi connectivity index (χ3v) is 2.84. The van der Waals surface area contributed by atoms with Gasteiger partial charge in [-0.3, -0.25) is 0 Å². The van der Waals surface area contributed by atoms with Crippen molar-refractivity contribution in [3.8, 4) is 5.75 Å². The third kappa shape index (κ3) is 2.21. The van der Waals surface area contributed by atoms with Gasteiger partial charge in [0, 0.05) is 0 Å². The zero-order chi connectivity index (χ0) is 10.7. The van der Waals surface area contributed by atoms with E-state index in [0.29, 0.717) is 0 Å². The molecule has 0 spiro atoms. The predicted octanol–water partition coefficient (Wildman–Crippen LogP) is 2.84. The van der Waals surface area contributed by atoms with Crippen LogP contribution >= 0.6 is 0 Å². The topological polar surface area (TPSA) is 29.5 Å². The summed E-state index contributed by atoms with van der Waals surface area (Å²) in [6.07, 6.45) is 4.96. The van der Waals surface area contributed by atoms with Gasteiger partial charge in [-0.25, -0.2) is 0 Å². The molecule has 0 aliphatic heterocycles. The van der Waals surface area contributed by atoms with E-state index < -0.39 is 6.10 Å². The van der Waals surface area contributed by atoms with Gasteiger partial charge in [0.1, 0.15) is 11.9 Å². The molecule has 2 nitrogen and oxygen atoms in total. The molecular formula is C13H16O2. The molecule has 2 rings (SSSR count). The van der Waals surface area contributed by atoms with E-state index in [2.05, 4.69) is 6.08 Å². The largest absolute Gasteiger partial charge is 0.497 e. The minimum absolute atomic E-state index is 0.456. The van der Waals surface area contributed by atoms with E-state index in [-0.39, 0.29) is 0 Å². The summed E-state index contributed by atoms with van der Waals surface area (Å²) in [6, 6.07) is 7.63. The van der Waals surface area contributed by atoms with Crippen LogP contribution in [0.3, 0.4) is 0 Å². The number of benzene rings is 1. The Morgan fingerprint density at radius 1 is 1.40 bits per heavy atom. The minimum Gasteiger partial charge on any atom is -0.497 e. The van der Waals surface area contributed by atoms with E-state index in [1.54, 1.807) is 7.11 Å². The van der Waals surface area contributed by atoms with E-state index in [0.717, 1.165) is 36.1 Å². The molecule has 1 aromatic rings. The lowest BCUT2D eigenvalue weighted by atomic mass is 10.0. The van der Waals surface area contributed by atoms with Crippen molar-refractivity contribution in [2.45, 2.75) is 25.4 Å². The molecule has 0 saturated carbocycles. The summed E-state index contributed by atoms with van der Waals surface area (Å²) in [7, 11) is 1.64. The third-order valence-electron chi connectivity index (χ3n) is 2.84. The number of hydrogen-bond donors (Lipinski definition) is 1. The fourth-order valence-corrected chi connectivity index (χ4v) is 1.97. The first-order chi connectivity index (χ1) is 7.31. The Hall–Kier alpha value is -1.28. The summed E-state index contributed by atoms with van der Waals surface area (Å²) in [5.41, 5.74) is 2.06. The molecule has 0 saturated heterocycles. The average molecular weight is 204 g/mol. The number of rotatable bonds is 3. The second-order valence-electron chi connectivity index (χ2n) is 3.85. The van der Waals surface area contributed by atoms with Crippen LogP contribution in [0, 0.1) is 0 Å². The lowest BCUT2D eigenvalue weighted by molar-refractivity contribution is 0.212. The lowest BCUT2D eigenvalue weighted by Crippen LogP contribution is -2.00. The van der Waals surface area contributed by atoms with Crippen molar-refractivity contribution < 1.29 is 9.84 Å². The van der Waals surface area contributed by atoms with E-state index in [4.69, 9.17) is 4.74 Å². The van der Waals surface area contributed by atoms with Gasteiger partial charge in [0.05, 0.1) is 7.11 Å². The van der Waals surface area contributed by atoms with Gasteiger partial charge in [0.25, 0.3) is 0 Å². The Labute approximate surface area is 90.2 Å². The number of aliphatic hydroxyl groups excluding tert-OH is 1. The summed E-state index contributed by atoms with van der Waals surface area (Å²) in [6.45, 7) is 0. The average Bonchev–Trinajstić information content (AvgIpc) is 2.81. The Morgan fingerprint density at radius 2 is 2.27 bits per heavy atom. The normalized spacial score (nSPS) is 17.3. The Balaban J connectivity index is 2.20. The summed E-state index contributed by atoms with van der Waals surface area (Å²) < 4.78 is 5.14.